The van der Waals surface area contributed by atoms with Crippen LogP contribution in [0.4, 0.5) is 5.69 Å². The maximum absolute atomic E-state index is 13.1. The van der Waals surface area contributed by atoms with Crippen molar-refractivity contribution in [3.05, 3.63) is 71.9 Å². The summed E-state index contributed by atoms with van der Waals surface area (Å²) >= 11 is 0. The lowest BCUT2D eigenvalue weighted by Gasteiger charge is -2.35. The second-order valence-corrected chi connectivity index (χ2v) is 12.0. The van der Waals surface area contributed by atoms with E-state index >= 15 is 0 Å². The molecule has 3 fully saturated rings. The lowest BCUT2D eigenvalue weighted by Crippen LogP contribution is -2.54. The van der Waals surface area contributed by atoms with Gasteiger partial charge in [-0.25, -0.2) is 0 Å². The van der Waals surface area contributed by atoms with Crippen LogP contribution in [0.1, 0.15) is 76.9 Å². The Bertz CT molecular complexity index is 1830. The van der Waals surface area contributed by atoms with Crippen LogP contribution >= 0.6 is 0 Å². The van der Waals surface area contributed by atoms with Crippen molar-refractivity contribution < 1.29 is 19.2 Å². The van der Waals surface area contributed by atoms with E-state index in [9.17, 15) is 19.2 Å². The molecule has 2 aliphatic heterocycles. The highest BCUT2D eigenvalue weighted by Gasteiger charge is 2.44. The zero-order chi connectivity index (χ0) is 29.2. The third-order valence-electron chi connectivity index (χ3n) is 9.16. The summed E-state index contributed by atoms with van der Waals surface area (Å²) in [4.78, 5) is 60.0. The van der Waals surface area contributed by atoms with Gasteiger partial charge in [0.05, 0.1) is 28.6 Å². The number of imide groups is 2. The van der Waals surface area contributed by atoms with Crippen molar-refractivity contribution >= 4 is 40.1 Å². The molecule has 0 radical (unpaired) electrons. The third-order valence-corrected chi connectivity index (χ3v) is 9.16. The number of carbonyl (C=O) groups excluding carboxylic acids is 4. The maximum Gasteiger partial charge on any atom is 0.262 e. The molecular formula is C32H29N7O4. The van der Waals surface area contributed by atoms with Crippen molar-refractivity contribution in [2.45, 2.75) is 56.5 Å². The lowest BCUT2D eigenvalue weighted by molar-refractivity contribution is -0.136. The number of anilines is 1. The van der Waals surface area contributed by atoms with Crippen LogP contribution in [-0.2, 0) is 9.59 Å². The van der Waals surface area contributed by atoms with Gasteiger partial charge in [0.1, 0.15) is 6.04 Å². The first-order chi connectivity index (χ1) is 20.9. The summed E-state index contributed by atoms with van der Waals surface area (Å²) in [6.45, 7) is 0.732. The summed E-state index contributed by atoms with van der Waals surface area (Å²) in [5.41, 5.74) is 4.53. The average molecular weight is 576 g/mol. The van der Waals surface area contributed by atoms with Crippen LogP contribution in [-0.4, -0.2) is 60.9 Å². The molecule has 2 saturated carbocycles. The predicted molar refractivity (Wildman–Crippen MR) is 156 cm³/mol. The van der Waals surface area contributed by atoms with Crippen LogP contribution < -0.4 is 10.6 Å². The summed E-state index contributed by atoms with van der Waals surface area (Å²) in [6, 6.07) is 8.47. The Morgan fingerprint density at radius 3 is 2.58 bits per heavy atom. The molecule has 0 bridgehead atoms. The summed E-state index contributed by atoms with van der Waals surface area (Å²) in [5.74, 6) is -1.06. The Balaban J connectivity index is 0.935. The van der Waals surface area contributed by atoms with E-state index in [1.165, 1.54) is 0 Å². The summed E-state index contributed by atoms with van der Waals surface area (Å²) in [5, 5.41) is 12.9. The fourth-order valence-corrected chi connectivity index (χ4v) is 6.59. The van der Waals surface area contributed by atoms with Crippen LogP contribution in [0, 0.1) is 5.92 Å². The topological polar surface area (TPSA) is 139 Å². The lowest BCUT2D eigenvalue weighted by atomic mass is 9.80. The average Bonchev–Trinajstić information content (AvgIpc) is 3.70. The first kappa shape index (κ1) is 25.8. The number of fused-ring (bicyclic) bond motifs is 2. The molecule has 1 atom stereocenters. The molecule has 0 spiro atoms. The minimum absolute atomic E-state index is 0.0957. The molecule has 8 rings (SSSR count). The number of pyridine rings is 2. The van der Waals surface area contributed by atoms with Gasteiger partial charge >= 0.3 is 0 Å². The quantitative estimate of drug-likeness (QED) is 0.317. The zero-order valence-electron chi connectivity index (χ0n) is 23.3. The van der Waals surface area contributed by atoms with Gasteiger partial charge in [-0.2, -0.15) is 5.10 Å². The number of hydrogen-bond acceptors (Lipinski definition) is 8. The Morgan fingerprint density at radius 1 is 0.930 bits per heavy atom. The Morgan fingerprint density at radius 2 is 1.77 bits per heavy atom. The van der Waals surface area contributed by atoms with E-state index in [0.717, 1.165) is 70.5 Å². The SMILES string of the molecule is O=C1CCC(N2C(=O)c3ccc(NCC4CC(n5cc(-c6nccc7cnccc67)c(C6CC6)n5)C4)cc3C2=O)C(=O)N1. The number of piperidine rings is 1. The normalized spacial score (nSPS) is 23.3. The third kappa shape index (κ3) is 4.38. The first-order valence-electron chi connectivity index (χ1n) is 14.8. The molecular weight excluding hydrogens is 546 g/mol. The van der Waals surface area contributed by atoms with E-state index in [0.29, 0.717) is 17.9 Å². The van der Waals surface area contributed by atoms with Gasteiger partial charge in [0.15, 0.2) is 0 Å². The Kier molecular flexibility index (Phi) is 5.88. The molecule has 5 heterocycles. The van der Waals surface area contributed by atoms with Crippen LogP contribution in [0.25, 0.3) is 22.0 Å². The van der Waals surface area contributed by atoms with E-state index in [2.05, 4.69) is 26.5 Å². The molecule has 11 heteroatoms. The summed E-state index contributed by atoms with van der Waals surface area (Å²) in [6.07, 6.45) is 12.2. The molecule has 4 aromatic rings. The van der Waals surface area contributed by atoms with Gasteiger partial charge in [0.2, 0.25) is 11.8 Å². The van der Waals surface area contributed by atoms with Crippen LogP contribution in [0.3, 0.4) is 0 Å². The molecule has 2 aliphatic carbocycles. The Hall–Kier alpha value is -4.93. The van der Waals surface area contributed by atoms with E-state index in [4.69, 9.17) is 10.1 Å². The molecule has 11 nitrogen and oxygen atoms in total. The smallest absolute Gasteiger partial charge is 0.262 e. The largest absolute Gasteiger partial charge is 0.385 e. The fraction of sp³-hybridized carbons (Fsp3) is 0.344. The number of hydrogen-bond donors (Lipinski definition) is 2. The number of benzene rings is 1. The molecule has 1 saturated heterocycles. The minimum atomic E-state index is -0.968. The fourth-order valence-electron chi connectivity index (χ4n) is 6.59. The molecule has 2 N–H and O–H groups in total. The highest BCUT2D eigenvalue weighted by Crippen LogP contribution is 2.46. The van der Waals surface area contributed by atoms with Crippen molar-refractivity contribution in [1.29, 1.82) is 0 Å². The van der Waals surface area contributed by atoms with Crippen molar-refractivity contribution in [3.63, 3.8) is 0 Å². The van der Waals surface area contributed by atoms with Gasteiger partial charge in [-0.05, 0) is 68.4 Å². The number of aromatic nitrogens is 4. The van der Waals surface area contributed by atoms with Crippen molar-refractivity contribution in [3.8, 4) is 11.3 Å². The number of nitrogens with zero attached hydrogens (tertiary/aromatic N) is 5. The van der Waals surface area contributed by atoms with Crippen molar-refractivity contribution in [1.82, 2.24) is 30.0 Å². The zero-order valence-corrected chi connectivity index (χ0v) is 23.3. The molecule has 4 amide bonds. The number of amides is 4. The molecule has 216 valence electrons. The van der Waals surface area contributed by atoms with Crippen LogP contribution in [0.5, 0.6) is 0 Å². The van der Waals surface area contributed by atoms with Gasteiger partial charge in [-0.3, -0.25) is 44.0 Å². The predicted octanol–water partition coefficient (Wildman–Crippen LogP) is 3.84. The monoisotopic (exact) mass is 575 g/mol. The van der Waals surface area contributed by atoms with E-state index < -0.39 is 29.7 Å². The first-order valence-corrected chi connectivity index (χ1v) is 14.8. The highest BCUT2D eigenvalue weighted by molar-refractivity contribution is 6.23. The van der Waals surface area contributed by atoms with E-state index in [1.807, 2.05) is 24.5 Å². The second-order valence-electron chi connectivity index (χ2n) is 12.0. The van der Waals surface area contributed by atoms with Gasteiger partial charge < -0.3 is 5.32 Å². The van der Waals surface area contributed by atoms with Crippen molar-refractivity contribution in [2.75, 3.05) is 11.9 Å². The van der Waals surface area contributed by atoms with Crippen LogP contribution in [0.2, 0.25) is 0 Å². The van der Waals surface area contributed by atoms with E-state index in [-0.39, 0.29) is 24.0 Å². The summed E-state index contributed by atoms with van der Waals surface area (Å²) in [7, 11) is 0. The molecule has 43 heavy (non-hydrogen) atoms. The molecule has 1 aromatic carbocycles. The summed E-state index contributed by atoms with van der Waals surface area (Å²) < 4.78 is 2.13. The van der Waals surface area contributed by atoms with E-state index in [1.54, 1.807) is 24.4 Å². The molecule has 3 aromatic heterocycles. The minimum Gasteiger partial charge on any atom is -0.385 e. The second kappa shape index (κ2) is 9.82. The van der Waals surface area contributed by atoms with Crippen molar-refractivity contribution in [2.24, 2.45) is 5.92 Å². The molecule has 1 unspecified atom stereocenters. The van der Waals surface area contributed by atoms with Gasteiger partial charge in [-0.15, -0.1) is 0 Å². The van der Waals surface area contributed by atoms with Crippen LogP contribution in [0.15, 0.2) is 55.1 Å². The number of rotatable bonds is 7. The van der Waals surface area contributed by atoms with Gasteiger partial charge in [0, 0.05) is 65.7 Å². The number of nitrogens with one attached hydrogen (secondary N) is 2. The molecule has 4 aliphatic rings. The Labute approximate surface area is 246 Å². The van der Waals surface area contributed by atoms with Gasteiger partial charge in [0.25, 0.3) is 11.8 Å². The maximum atomic E-state index is 13.1. The highest BCUT2D eigenvalue weighted by atomic mass is 16.2. The number of carbonyl (C=O) groups is 4. The van der Waals surface area contributed by atoms with Gasteiger partial charge in [-0.1, -0.05) is 0 Å². The standard InChI is InChI=1S/C32H29N7O4/c40-27-6-5-26(30(41)36-27)39-31(42)23-4-3-20(13-24(23)32(39)43)35-14-17-11-21(12-17)38-16-25(28(37-38)18-1-2-18)29-22-8-9-33-15-19(22)7-10-34-29/h3-4,7-10,13,15-18,21,26,35H,1-2,5-6,11-12,14H2,(H,36,40,41).